The van der Waals surface area contributed by atoms with Crippen molar-refractivity contribution < 1.29 is 23.6 Å². The fraction of sp³-hybridized carbons (Fsp3) is 0.158. The smallest absolute Gasteiger partial charge is 0.344 e. The first kappa shape index (κ1) is 18.1. The summed E-state index contributed by atoms with van der Waals surface area (Å²) in [6, 6.07) is 12.0. The fourth-order valence-electron chi connectivity index (χ4n) is 2.46. The first-order valence-electron chi connectivity index (χ1n) is 7.98. The molecule has 0 fully saturated rings. The second-order valence-electron chi connectivity index (χ2n) is 5.78. The van der Waals surface area contributed by atoms with E-state index in [2.05, 4.69) is 0 Å². The van der Waals surface area contributed by atoms with Gasteiger partial charge in [0.05, 0.1) is 4.92 Å². The molecule has 0 amide bonds. The third-order valence-electron chi connectivity index (χ3n) is 3.83. The lowest BCUT2D eigenvalue weighted by molar-refractivity contribution is -0.384. The molecule has 0 bridgehead atoms. The van der Waals surface area contributed by atoms with E-state index < -0.39 is 16.5 Å². The Kier molecular flexibility index (Phi) is 5.16. The zero-order valence-electron chi connectivity index (χ0n) is 14.3. The van der Waals surface area contributed by atoms with Crippen molar-refractivity contribution in [2.75, 3.05) is 6.61 Å². The second kappa shape index (κ2) is 7.69. The maximum Gasteiger partial charge on any atom is 0.344 e. The predicted octanol–water partition coefficient (Wildman–Crippen LogP) is 3.13. The van der Waals surface area contributed by atoms with Crippen LogP contribution in [0, 0.1) is 17.0 Å². The third kappa shape index (κ3) is 4.49. The molecule has 0 radical (unpaired) electrons. The van der Waals surface area contributed by atoms with Gasteiger partial charge in [0, 0.05) is 29.7 Å². The zero-order chi connectivity index (χ0) is 19.4. The maximum atomic E-state index is 11.8. The Hall–Kier alpha value is -3.68. The predicted molar refractivity (Wildman–Crippen MR) is 95.6 cm³/mol. The molecule has 8 nitrogen and oxygen atoms in total. The van der Waals surface area contributed by atoms with Gasteiger partial charge in [-0.3, -0.25) is 10.1 Å². The summed E-state index contributed by atoms with van der Waals surface area (Å²) in [5.74, 6) is -0.234. The Balaban J connectivity index is 1.56. The van der Waals surface area contributed by atoms with Crippen LogP contribution in [0.3, 0.4) is 0 Å². The van der Waals surface area contributed by atoms with Crippen LogP contribution < -0.4 is 10.4 Å². The number of ether oxygens (including phenoxy) is 2. The van der Waals surface area contributed by atoms with Crippen LogP contribution in [0.25, 0.3) is 11.0 Å². The summed E-state index contributed by atoms with van der Waals surface area (Å²) in [4.78, 5) is 33.3. The number of aryl methyl sites for hydroxylation is 1. The molecule has 0 aliphatic rings. The van der Waals surface area contributed by atoms with Crippen molar-refractivity contribution in [2.24, 2.45) is 0 Å². The molecular weight excluding hydrogens is 354 g/mol. The monoisotopic (exact) mass is 369 g/mol. The topological polar surface area (TPSA) is 109 Å². The number of benzene rings is 2. The van der Waals surface area contributed by atoms with E-state index in [9.17, 15) is 19.7 Å². The van der Waals surface area contributed by atoms with Crippen LogP contribution in [0.2, 0.25) is 0 Å². The van der Waals surface area contributed by atoms with Crippen LogP contribution in [-0.2, 0) is 16.1 Å². The van der Waals surface area contributed by atoms with Crippen LogP contribution in [-0.4, -0.2) is 17.5 Å². The largest absolute Gasteiger partial charge is 0.482 e. The standard InChI is InChI=1S/C19H15NO7/c1-12-8-18(21)27-17-9-15(6-7-16(12)17)25-11-19(22)26-10-13-2-4-14(5-3-13)20(23)24/h2-9H,10-11H2,1H3. The number of hydrogen-bond acceptors (Lipinski definition) is 7. The highest BCUT2D eigenvalue weighted by Gasteiger charge is 2.09. The lowest BCUT2D eigenvalue weighted by Gasteiger charge is -2.08. The summed E-state index contributed by atoms with van der Waals surface area (Å²) >= 11 is 0. The molecule has 0 aliphatic heterocycles. The third-order valence-corrected chi connectivity index (χ3v) is 3.83. The molecule has 8 heteroatoms. The molecule has 0 saturated heterocycles. The van der Waals surface area contributed by atoms with Crippen molar-refractivity contribution >= 4 is 22.6 Å². The summed E-state index contributed by atoms with van der Waals surface area (Å²) in [6.07, 6.45) is 0. The molecule has 0 aliphatic carbocycles. The SMILES string of the molecule is Cc1cc(=O)oc2cc(OCC(=O)OCc3ccc([N+](=O)[O-])cc3)ccc12. The van der Waals surface area contributed by atoms with E-state index in [4.69, 9.17) is 13.9 Å². The van der Waals surface area contributed by atoms with Gasteiger partial charge >= 0.3 is 11.6 Å². The first-order valence-corrected chi connectivity index (χ1v) is 7.98. The van der Waals surface area contributed by atoms with Gasteiger partial charge in [0.2, 0.25) is 0 Å². The summed E-state index contributed by atoms with van der Waals surface area (Å²) in [7, 11) is 0. The Morgan fingerprint density at radius 1 is 1.15 bits per heavy atom. The molecule has 3 aromatic rings. The van der Waals surface area contributed by atoms with Gasteiger partial charge in [0.15, 0.2) is 6.61 Å². The number of nitrogens with zero attached hydrogens (tertiary/aromatic N) is 1. The molecule has 0 atom stereocenters. The lowest BCUT2D eigenvalue weighted by Crippen LogP contribution is -2.14. The minimum absolute atomic E-state index is 0.0218. The number of esters is 1. The number of nitro groups is 1. The molecule has 0 N–H and O–H groups in total. The molecule has 0 spiro atoms. The number of fused-ring (bicyclic) bond motifs is 1. The Morgan fingerprint density at radius 3 is 2.59 bits per heavy atom. The molecule has 1 aromatic heterocycles. The van der Waals surface area contributed by atoms with Crippen LogP contribution in [0.5, 0.6) is 5.75 Å². The molecule has 27 heavy (non-hydrogen) atoms. The molecular formula is C19H15NO7. The van der Waals surface area contributed by atoms with Crippen LogP contribution in [0.4, 0.5) is 5.69 Å². The minimum atomic E-state index is -0.598. The summed E-state index contributed by atoms with van der Waals surface area (Å²) in [5, 5.41) is 11.4. The number of rotatable bonds is 6. The fourth-order valence-corrected chi connectivity index (χ4v) is 2.46. The van der Waals surface area contributed by atoms with E-state index in [-0.39, 0.29) is 18.9 Å². The minimum Gasteiger partial charge on any atom is -0.482 e. The average molecular weight is 369 g/mol. The molecule has 1 heterocycles. The normalized spacial score (nSPS) is 10.6. The Morgan fingerprint density at radius 2 is 1.89 bits per heavy atom. The molecule has 0 unspecified atom stereocenters. The highest BCUT2D eigenvalue weighted by atomic mass is 16.6. The number of non-ortho nitro benzene ring substituents is 1. The van der Waals surface area contributed by atoms with Gasteiger partial charge in [-0.25, -0.2) is 9.59 Å². The van der Waals surface area contributed by atoms with E-state index in [0.29, 0.717) is 16.9 Å². The molecule has 3 rings (SSSR count). The number of carbonyl (C=O) groups excluding carboxylic acids is 1. The maximum absolute atomic E-state index is 11.8. The summed E-state index contributed by atoms with van der Waals surface area (Å²) < 4.78 is 15.6. The Bertz CT molecular complexity index is 1050. The van der Waals surface area contributed by atoms with Gasteiger partial charge in [-0.05, 0) is 42.3 Å². The summed E-state index contributed by atoms with van der Waals surface area (Å²) in [6.45, 7) is 1.45. The van der Waals surface area contributed by atoms with Crippen molar-refractivity contribution in [1.29, 1.82) is 0 Å². The van der Waals surface area contributed by atoms with Gasteiger partial charge in [0.25, 0.3) is 5.69 Å². The molecule has 0 saturated carbocycles. The lowest BCUT2D eigenvalue weighted by atomic mass is 10.1. The van der Waals surface area contributed by atoms with Gasteiger partial charge in [0.1, 0.15) is 17.9 Å². The first-order chi connectivity index (χ1) is 12.9. The quantitative estimate of drug-likeness (QED) is 0.284. The number of carbonyl (C=O) groups is 1. The van der Waals surface area contributed by atoms with Crippen molar-refractivity contribution in [3.8, 4) is 5.75 Å². The number of hydrogen-bond donors (Lipinski definition) is 0. The average Bonchev–Trinajstić information content (AvgIpc) is 2.64. The van der Waals surface area contributed by atoms with Crippen molar-refractivity contribution in [2.45, 2.75) is 13.5 Å². The number of nitro benzene ring substituents is 1. The van der Waals surface area contributed by atoms with Crippen molar-refractivity contribution in [3.05, 3.63) is 80.2 Å². The highest BCUT2D eigenvalue weighted by Crippen LogP contribution is 2.22. The van der Waals surface area contributed by atoms with Gasteiger partial charge in [-0.1, -0.05) is 0 Å². The van der Waals surface area contributed by atoms with E-state index in [0.717, 1.165) is 10.9 Å². The summed E-state index contributed by atoms with van der Waals surface area (Å²) in [5.41, 5.74) is 1.29. The van der Waals surface area contributed by atoms with E-state index in [1.165, 1.54) is 36.4 Å². The zero-order valence-corrected chi connectivity index (χ0v) is 14.3. The van der Waals surface area contributed by atoms with E-state index >= 15 is 0 Å². The van der Waals surface area contributed by atoms with E-state index in [1.807, 2.05) is 0 Å². The van der Waals surface area contributed by atoms with Gasteiger partial charge in [-0.2, -0.15) is 0 Å². The van der Waals surface area contributed by atoms with E-state index in [1.54, 1.807) is 19.1 Å². The van der Waals surface area contributed by atoms with Crippen LogP contribution in [0.15, 0.2) is 57.7 Å². The van der Waals surface area contributed by atoms with Gasteiger partial charge < -0.3 is 13.9 Å². The molecule has 2 aromatic carbocycles. The van der Waals surface area contributed by atoms with Crippen molar-refractivity contribution in [3.63, 3.8) is 0 Å². The Labute approximate surface area is 153 Å². The van der Waals surface area contributed by atoms with Crippen LogP contribution >= 0.6 is 0 Å². The van der Waals surface area contributed by atoms with Crippen molar-refractivity contribution in [1.82, 2.24) is 0 Å². The molecule has 138 valence electrons. The van der Waals surface area contributed by atoms with Gasteiger partial charge in [-0.15, -0.1) is 0 Å². The highest BCUT2D eigenvalue weighted by molar-refractivity contribution is 5.81. The van der Waals surface area contributed by atoms with Crippen LogP contribution in [0.1, 0.15) is 11.1 Å². The second-order valence-corrected chi connectivity index (χ2v) is 5.78.